The van der Waals surface area contributed by atoms with Gasteiger partial charge in [0, 0.05) is 26.1 Å². The van der Waals surface area contributed by atoms with Crippen LogP contribution in [0.3, 0.4) is 0 Å². The predicted molar refractivity (Wildman–Crippen MR) is 87.9 cm³/mol. The second kappa shape index (κ2) is 6.22. The molecule has 1 aromatic heterocycles. The van der Waals surface area contributed by atoms with Crippen molar-refractivity contribution in [3.8, 4) is 0 Å². The van der Waals surface area contributed by atoms with Crippen LogP contribution in [0.15, 0.2) is 34.9 Å². The molecule has 2 rings (SSSR count). The summed E-state index contributed by atoms with van der Waals surface area (Å²) >= 11 is 3.44. The van der Waals surface area contributed by atoms with Crippen LogP contribution in [-0.2, 0) is 0 Å². The Bertz CT molecular complexity index is 596. The maximum atomic E-state index is 4.56. The van der Waals surface area contributed by atoms with Gasteiger partial charge in [-0.3, -0.25) is 0 Å². The van der Waals surface area contributed by atoms with Crippen molar-refractivity contribution in [2.75, 3.05) is 24.3 Å². The number of nitrogens with one attached hydrogen (secondary N) is 1. The number of nitrogens with zero attached hydrogens (tertiary/aromatic N) is 3. The maximum absolute atomic E-state index is 4.56. The van der Waals surface area contributed by atoms with Crippen LogP contribution in [0, 0.1) is 0 Å². The lowest BCUT2D eigenvalue weighted by atomic mass is 10.2. The van der Waals surface area contributed by atoms with Gasteiger partial charge in [0.1, 0.15) is 16.2 Å². The fourth-order valence-electron chi connectivity index (χ4n) is 1.86. The molecular formula is C15H19BrN4. The van der Waals surface area contributed by atoms with Gasteiger partial charge in [-0.2, -0.15) is 0 Å². The molecule has 0 fully saturated rings. The van der Waals surface area contributed by atoms with E-state index in [2.05, 4.69) is 56.0 Å². The SMILES string of the molecule is CC(C)c1nc(Br)cc(Nc2ccccc2N(C)C)n1. The minimum absolute atomic E-state index is 0.289. The number of halogens is 1. The Morgan fingerprint density at radius 3 is 2.50 bits per heavy atom. The van der Waals surface area contributed by atoms with Crippen LogP contribution in [-0.4, -0.2) is 24.1 Å². The van der Waals surface area contributed by atoms with Crippen LogP contribution in [0.2, 0.25) is 0 Å². The third-order valence-electron chi connectivity index (χ3n) is 2.88. The van der Waals surface area contributed by atoms with Crippen molar-refractivity contribution in [1.82, 2.24) is 9.97 Å². The van der Waals surface area contributed by atoms with E-state index in [0.29, 0.717) is 0 Å². The van der Waals surface area contributed by atoms with E-state index in [-0.39, 0.29) is 5.92 Å². The average molecular weight is 335 g/mol. The van der Waals surface area contributed by atoms with E-state index in [1.54, 1.807) is 0 Å². The Morgan fingerprint density at radius 2 is 1.85 bits per heavy atom. The van der Waals surface area contributed by atoms with Crippen LogP contribution in [0.1, 0.15) is 25.6 Å². The molecule has 20 heavy (non-hydrogen) atoms. The third-order valence-corrected chi connectivity index (χ3v) is 3.28. The Labute approximate surface area is 128 Å². The molecule has 1 N–H and O–H groups in total. The molecule has 0 saturated heterocycles. The molecule has 5 heteroatoms. The van der Waals surface area contributed by atoms with E-state index in [0.717, 1.165) is 27.6 Å². The van der Waals surface area contributed by atoms with Crippen LogP contribution >= 0.6 is 15.9 Å². The summed E-state index contributed by atoms with van der Waals surface area (Å²) in [6.07, 6.45) is 0. The zero-order chi connectivity index (χ0) is 14.7. The molecule has 0 radical (unpaired) electrons. The van der Waals surface area contributed by atoms with E-state index >= 15 is 0 Å². The highest BCUT2D eigenvalue weighted by Gasteiger charge is 2.09. The molecule has 0 spiro atoms. The average Bonchev–Trinajstić information content (AvgIpc) is 2.38. The summed E-state index contributed by atoms with van der Waals surface area (Å²) in [5.41, 5.74) is 2.14. The van der Waals surface area contributed by atoms with Crippen molar-refractivity contribution < 1.29 is 0 Å². The summed E-state index contributed by atoms with van der Waals surface area (Å²) in [5.74, 6) is 1.91. The largest absolute Gasteiger partial charge is 0.376 e. The molecule has 1 heterocycles. The number of para-hydroxylation sites is 2. The van der Waals surface area contributed by atoms with Crippen LogP contribution < -0.4 is 10.2 Å². The standard InChI is InChI=1S/C15H19BrN4/c1-10(2)15-18-13(16)9-14(19-15)17-11-7-5-6-8-12(11)20(3)4/h5-10H,1-4H3,(H,17,18,19). The molecule has 0 aliphatic heterocycles. The van der Waals surface area contributed by atoms with Gasteiger partial charge >= 0.3 is 0 Å². The quantitative estimate of drug-likeness (QED) is 0.852. The van der Waals surface area contributed by atoms with Crippen molar-refractivity contribution in [3.63, 3.8) is 0 Å². The normalized spacial score (nSPS) is 10.7. The fraction of sp³-hybridized carbons (Fsp3) is 0.333. The highest BCUT2D eigenvalue weighted by Crippen LogP contribution is 2.27. The first-order chi connectivity index (χ1) is 9.47. The molecule has 0 unspecified atom stereocenters. The molecule has 0 amide bonds. The monoisotopic (exact) mass is 334 g/mol. The third kappa shape index (κ3) is 3.48. The Morgan fingerprint density at radius 1 is 1.15 bits per heavy atom. The number of anilines is 3. The van der Waals surface area contributed by atoms with Crippen LogP contribution in [0.25, 0.3) is 0 Å². The van der Waals surface area contributed by atoms with Crippen LogP contribution in [0.5, 0.6) is 0 Å². The Kier molecular flexibility index (Phi) is 4.60. The molecule has 2 aromatic rings. The summed E-state index contributed by atoms with van der Waals surface area (Å²) in [6.45, 7) is 4.17. The molecule has 0 aliphatic rings. The predicted octanol–water partition coefficient (Wildman–Crippen LogP) is 4.17. The molecule has 106 valence electrons. The van der Waals surface area contributed by atoms with Crippen LogP contribution in [0.4, 0.5) is 17.2 Å². The summed E-state index contributed by atoms with van der Waals surface area (Å²) in [5, 5.41) is 3.37. The van der Waals surface area contributed by atoms with E-state index in [1.165, 1.54) is 0 Å². The van der Waals surface area contributed by atoms with E-state index in [9.17, 15) is 0 Å². The summed E-state index contributed by atoms with van der Waals surface area (Å²) in [4.78, 5) is 11.0. The van der Waals surface area contributed by atoms with Gasteiger partial charge in [-0.05, 0) is 28.1 Å². The first-order valence-electron chi connectivity index (χ1n) is 6.55. The van der Waals surface area contributed by atoms with Crippen molar-refractivity contribution in [2.24, 2.45) is 0 Å². The Hall–Kier alpha value is -1.62. The smallest absolute Gasteiger partial charge is 0.135 e. The topological polar surface area (TPSA) is 41.1 Å². The number of hydrogen-bond donors (Lipinski definition) is 1. The molecule has 4 nitrogen and oxygen atoms in total. The van der Waals surface area contributed by atoms with Gasteiger partial charge in [-0.1, -0.05) is 26.0 Å². The van der Waals surface area contributed by atoms with Gasteiger partial charge in [0.15, 0.2) is 0 Å². The minimum Gasteiger partial charge on any atom is -0.376 e. The number of aromatic nitrogens is 2. The second-order valence-electron chi connectivity index (χ2n) is 5.13. The Balaban J connectivity index is 2.35. The zero-order valence-corrected chi connectivity index (χ0v) is 13.8. The lowest BCUT2D eigenvalue weighted by Gasteiger charge is -2.18. The highest BCUT2D eigenvalue weighted by atomic mass is 79.9. The molecule has 0 atom stereocenters. The second-order valence-corrected chi connectivity index (χ2v) is 5.94. The van der Waals surface area contributed by atoms with Gasteiger partial charge in [0.2, 0.25) is 0 Å². The van der Waals surface area contributed by atoms with Gasteiger partial charge in [0.05, 0.1) is 11.4 Å². The molecular weight excluding hydrogens is 316 g/mol. The van der Waals surface area contributed by atoms with Crippen molar-refractivity contribution in [1.29, 1.82) is 0 Å². The minimum atomic E-state index is 0.289. The van der Waals surface area contributed by atoms with Crippen molar-refractivity contribution >= 4 is 33.1 Å². The molecule has 0 bridgehead atoms. The molecule has 0 saturated carbocycles. The van der Waals surface area contributed by atoms with Gasteiger partial charge in [-0.25, -0.2) is 9.97 Å². The lowest BCUT2D eigenvalue weighted by molar-refractivity contribution is 0.771. The number of rotatable bonds is 4. The van der Waals surface area contributed by atoms with Gasteiger partial charge < -0.3 is 10.2 Å². The van der Waals surface area contributed by atoms with Gasteiger partial charge in [-0.15, -0.1) is 0 Å². The number of hydrogen-bond acceptors (Lipinski definition) is 4. The van der Waals surface area contributed by atoms with E-state index in [1.807, 2.05) is 38.4 Å². The zero-order valence-electron chi connectivity index (χ0n) is 12.2. The molecule has 0 aliphatic carbocycles. The highest BCUT2D eigenvalue weighted by molar-refractivity contribution is 9.10. The van der Waals surface area contributed by atoms with E-state index in [4.69, 9.17) is 0 Å². The van der Waals surface area contributed by atoms with Gasteiger partial charge in [0.25, 0.3) is 0 Å². The van der Waals surface area contributed by atoms with E-state index < -0.39 is 0 Å². The summed E-state index contributed by atoms with van der Waals surface area (Å²) in [6, 6.07) is 10.0. The summed E-state index contributed by atoms with van der Waals surface area (Å²) in [7, 11) is 4.05. The molecule has 1 aromatic carbocycles. The summed E-state index contributed by atoms with van der Waals surface area (Å²) < 4.78 is 0.793. The van der Waals surface area contributed by atoms with Crippen molar-refractivity contribution in [2.45, 2.75) is 19.8 Å². The van der Waals surface area contributed by atoms with Crippen molar-refractivity contribution in [3.05, 3.63) is 40.8 Å². The lowest BCUT2D eigenvalue weighted by Crippen LogP contribution is -2.11. The number of benzene rings is 1. The first-order valence-corrected chi connectivity index (χ1v) is 7.34. The first kappa shape index (κ1) is 14.8. The maximum Gasteiger partial charge on any atom is 0.135 e. The fourth-order valence-corrected chi connectivity index (χ4v) is 2.26.